The summed E-state index contributed by atoms with van der Waals surface area (Å²) in [5, 5.41) is 12.2. The summed E-state index contributed by atoms with van der Waals surface area (Å²) in [5.41, 5.74) is 0. The summed E-state index contributed by atoms with van der Waals surface area (Å²) in [6, 6.07) is 0.00418. The van der Waals surface area contributed by atoms with Crippen molar-refractivity contribution < 1.29 is 9.90 Å². The first-order chi connectivity index (χ1) is 7.06. The molecule has 2 N–H and O–H groups in total. The molecule has 0 saturated carbocycles. The molecule has 0 aliphatic rings. The van der Waals surface area contributed by atoms with E-state index in [4.69, 9.17) is 5.11 Å². The van der Waals surface area contributed by atoms with E-state index < -0.39 is 0 Å². The van der Waals surface area contributed by atoms with E-state index in [1.165, 1.54) is 0 Å². The van der Waals surface area contributed by atoms with Crippen molar-refractivity contribution in [2.45, 2.75) is 33.7 Å². The van der Waals surface area contributed by atoms with Crippen molar-refractivity contribution in [2.75, 3.05) is 26.2 Å². The van der Waals surface area contributed by atoms with Crippen LogP contribution < -0.4 is 5.32 Å². The molecule has 0 unspecified atom stereocenters. The van der Waals surface area contributed by atoms with Crippen LogP contribution in [0.15, 0.2) is 0 Å². The van der Waals surface area contributed by atoms with E-state index in [1.54, 1.807) is 4.90 Å². The lowest BCUT2D eigenvalue weighted by atomic mass is 10.1. The van der Waals surface area contributed by atoms with Gasteiger partial charge < -0.3 is 15.3 Å². The monoisotopic (exact) mass is 216 g/mol. The fraction of sp³-hybridized carbons (Fsp3) is 0.909. The molecule has 0 aromatic rings. The summed E-state index contributed by atoms with van der Waals surface area (Å²) in [4.78, 5) is 13.4. The number of carbonyl (C=O) groups excluding carboxylic acids is 1. The smallest absolute Gasteiger partial charge is 0.236 e. The van der Waals surface area contributed by atoms with Crippen molar-refractivity contribution in [1.82, 2.24) is 10.2 Å². The van der Waals surface area contributed by atoms with Gasteiger partial charge in [-0.25, -0.2) is 0 Å². The number of rotatable bonds is 7. The quantitative estimate of drug-likeness (QED) is 0.650. The van der Waals surface area contributed by atoms with Gasteiger partial charge in [0, 0.05) is 19.1 Å². The normalized spacial score (nSPS) is 12.9. The molecule has 0 radical (unpaired) electrons. The van der Waals surface area contributed by atoms with Gasteiger partial charge in [-0.05, 0) is 19.8 Å². The van der Waals surface area contributed by atoms with E-state index in [1.807, 2.05) is 27.7 Å². The van der Waals surface area contributed by atoms with Gasteiger partial charge in [-0.15, -0.1) is 0 Å². The van der Waals surface area contributed by atoms with Gasteiger partial charge >= 0.3 is 0 Å². The molecule has 0 aromatic carbocycles. The van der Waals surface area contributed by atoms with E-state index >= 15 is 0 Å². The lowest BCUT2D eigenvalue weighted by Gasteiger charge is -2.23. The number of aliphatic hydroxyl groups is 1. The molecule has 1 amide bonds. The largest absolute Gasteiger partial charge is 0.395 e. The van der Waals surface area contributed by atoms with Crippen molar-refractivity contribution >= 4 is 5.91 Å². The van der Waals surface area contributed by atoms with Crippen LogP contribution in [0.4, 0.5) is 0 Å². The lowest BCUT2D eigenvalue weighted by molar-refractivity contribution is -0.130. The first-order valence-corrected chi connectivity index (χ1v) is 5.68. The van der Waals surface area contributed by atoms with E-state index in [9.17, 15) is 4.79 Å². The van der Waals surface area contributed by atoms with Crippen molar-refractivity contribution in [3.05, 3.63) is 0 Å². The summed E-state index contributed by atoms with van der Waals surface area (Å²) in [7, 11) is 0. The van der Waals surface area contributed by atoms with Gasteiger partial charge in [0.25, 0.3) is 0 Å². The van der Waals surface area contributed by atoms with Crippen LogP contribution in [0, 0.1) is 5.92 Å². The Morgan fingerprint density at radius 3 is 2.20 bits per heavy atom. The molecule has 0 bridgehead atoms. The fourth-order valence-corrected chi connectivity index (χ4v) is 1.42. The number of aliphatic hydroxyl groups excluding tert-OH is 1. The Balaban J connectivity index is 3.97. The molecule has 0 spiro atoms. The first kappa shape index (κ1) is 14.4. The highest BCUT2D eigenvalue weighted by atomic mass is 16.3. The van der Waals surface area contributed by atoms with Crippen LogP contribution in [-0.2, 0) is 4.79 Å². The first-order valence-electron chi connectivity index (χ1n) is 5.68. The molecule has 0 heterocycles. The predicted molar refractivity (Wildman–Crippen MR) is 61.6 cm³/mol. The van der Waals surface area contributed by atoms with Crippen molar-refractivity contribution in [3.8, 4) is 0 Å². The summed E-state index contributed by atoms with van der Waals surface area (Å²) >= 11 is 0. The van der Waals surface area contributed by atoms with Crippen molar-refractivity contribution in [2.24, 2.45) is 5.92 Å². The van der Waals surface area contributed by atoms with Gasteiger partial charge in [-0.3, -0.25) is 4.79 Å². The molecule has 0 fully saturated rings. The zero-order valence-corrected chi connectivity index (χ0v) is 10.3. The Hall–Kier alpha value is -0.610. The Bertz CT molecular complexity index is 179. The molecule has 0 aromatic heterocycles. The minimum atomic E-state index is 0.00418. The standard InChI is InChI=1S/C11H24N2O2/c1-5-13(6-2)11(15)7-12-10(8-14)9(3)4/h9-10,12,14H,5-8H2,1-4H3/t10-/m1/s1. The minimum Gasteiger partial charge on any atom is -0.395 e. The Morgan fingerprint density at radius 2 is 1.87 bits per heavy atom. The molecule has 4 heteroatoms. The molecule has 90 valence electrons. The number of likely N-dealkylation sites (N-methyl/N-ethyl adjacent to an activating group) is 1. The average Bonchev–Trinajstić information content (AvgIpc) is 2.20. The lowest BCUT2D eigenvalue weighted by Crippen LogP contribution is -2.44. The van der Waals surface area contributed by atoms with E-state index in [2.05, 4.69) is 5.32 Å². The van der Waals surface area contributed by atoms with Crippen LogP contribution >= 0.6 is 0 Å². The van der Waals surface area contributed by atoms with E-state index in [0.717, 1.165) is 13.1 Å². The number of amides is 1. The molecule has 0 saturated heterocycles. The Labute approximate surface area is 92.7 Å². The van der Waals surface area contributed by atoms with E-state index in [-0.39, 0.29) is 18.6 Å². The molecule has 0 aliphatic carbocycles. The molecule has 1 atom stereocenters. The van der Waals surface area contributed by atoms with Crippen molar-refractivity contribution in [3.63, 3.8) is 0 Å². The number of carbonyl (C=O) groups is 1. The van der Waals surface area contributed by atoms with Crippen LogP contribution in [0.25, 0.3) is 0 Å². The maximum absolute atomic E-state index is 11.6. The molecular weight excluding hydrogens is 192 g/mol. The van der Waals surface area contributed by atoms with Gasteiger partial charge in [0.05, 0.1) is 13.2 Å². The zero-order chi connectivity index (χ0) is 11.8. The van der Waals surface area contributed by atoms with Crippen LogP contribution in [0.2, 0.25) is 0 Å². The third-order valence-corrected chi connectivity index (χ3v) is 2.63. The fourth-order valence-electron chi connectivity index (χ4n) is 1.42. The topological polar surface area (TPSA) is 52.6 Å². The second-order valence-electron chi connectivity index (χ2n) is 3.98. The molecule has 15 heavy (non-hydrogen) atoms. The third-order valence-electron chi connectivity index (χ3n) is 2.63. The highest BCUT2D eigenvalue weighted by molar-refractivity contribution is 5.78. The van der Waals surface area contributed by atoms with Crippen LogP contribution in [-0.4, -0.2) is 48.2 Å². The minimum absolute atomic E-state index is 0.00418. The van der Waals surface area contributed by atoms with Crippen molar-refractivity contribution in [1.29, 1.82) is 0 Å². The summed E-state index contributed by atoms with van der Waals surface area (Å²) in [6.07, 6.45) is 0. The van der Waals surface area contributed by atoms with Gasteiger partial charge in [0.1, 0.15) is 0 Å². The third kappa shape index (κ3) is 5.14. The number of nitrogens with one attached hydrogen (secondary N) is 1. The van der Waals surface area contributed by atoms with Crippen LogP contribution in [0.5, 0.6) is 0 Å². The van der Waals surface area contributed by atoms with Crippen LogP contribution in [0.3, 0.4) is 0 Å². The molecule has 4 nitrogen and oxygen atoms in total. The second-order valence-corrected chi connectivity index (χ2v) is 3.98. The SMILES string of the molecule is CCN(CC)C(=O)CN[C@H](CO)C(C)C. The highest BCUT2D eigenvalue weighted by Crippen LogP contribution is 2.00. The number of nitrogens with zero attached hydrogens (tertiary/aromatic N) is 1. The maximum atomic E-state index is 11.6. The van der Waals surface area contributed by atoms with Gasteiger partial charge in [-0.2, -0.15) is 0 Å². The average molecular weight is 216 g/mol. The van der Waals surface area contributed by atoms with E-state index in [0.29, 0.717) is 12.5 Å². The number of hydrogen-bond donors (Lipinski definition) is 2. The summed E-state index contributed by atoms with van der Waals surface area (Å²) < 4.78 is 0. The zero-order valence-electron chi connectivity index (χ0n) is 10.3. The Morgan fingerprint density at radius 1 is 1.33 bits per heavy atom. The van der Waals surface area contributed by atoms with Gasteiger partial charge in [-0.1, -0.05) is 13.8 Å². The maximum Gasteiger partial charge on any atom is 0.236 e. The Kier molecular flexibility index (Phi) is 7.34. The van der Waals surface area contributed by atoms with Gasteiger partial charge in [0.15, 0.2) is 0 Å². The highest BCUT2D eigenvalue weighted by Gasteiger charge is 2.15. The van der Waals surface area contributed by atoms with Crippen LogP contribution in [0.1, 0.15) is 27.7 Å². The molecular formula is C11H24N2O2. The summed E-state index contributed by atoms with van der Waals surface area (Å²) in [5.74, 6) is 0.429. The second kappa shape index (κ2) is 7.65. The number of hydrogen-bond acceptors (Lipinski definition) is 3. The van der Waals surface area contributed by atoms with Gasteiger partial charge in [0.2, 0.25) is 5.91 Å². The summed E-state index contributed by atoms with van der Waals surface area (Å²) in [6.45, 7) is 9.84. The molecule has 0 rings (SSSR count). The predicted octanol–water partition coefficient (Wildman–Crippen LogP) is 0.461. The molecule has 0 aliphatic heterocycles.